The van der Waals surface area contributed by atoms with Gasteiger partial charge in [0.2, 0.25) is 5.91 Å². The monoisotopic (exact) mass is 396 g/mol. The van der Waals surface area contributed by atoms with Gasteiger partial charge >= 0.3 is 0 Å². The molecule has 0 atom stereocenters. The van der Waals surface area contributed by atoms with Gasteiger partial charge in [-0.1, -0.05) is 31.2 Å². The Morgan fingerprint density at radius 3 is 2.70 bits per heavy atom. The highest BCUT2D eigenvalue weighted by atomic mass is 32.1. The summed E-state index contributed by atoms with van der Waals surface area (Å²) in [5.41, 5.74) is 2.85. The van der Waals surface area contributed by atoms with E-state index in [4.69, 9.17) is 0 Å². The maximum Gasteiger partial charge on any atom is 0.263 e. The molecule has 1 N–H and O–H groups in total. The van der Waals surface area contributed by atoms with Gasteiger partial charge in [-0.2, -0.15) is 0 Å². The smallest absolute Gasteiger partial charge is 0.263 e. The van der Waals surface area contributed by atoms with Gasteiger partial charge in [-0.3, -0.25) is 14.2 Å². The average Bonchev–Trinajstić information content (AvgIpc) is 3.34. The number of aryl methyl sites for hydroxylation is 1. The molecular weight excluding hydrogens is 380 g/mol. The fourth-order valence-electron chi connectivity index (χ4n) is 2.81. The van der Waals surface area contributed by atoms with Crippen molar-refractivity contribution in [3.8, 4) is 11.1 Å². The Kier molecular flexibility index (Phi) is 4.83. The number of rotatable bonds is 5. The molecule has 6 nitrogen and oxygen atoms in total. The molecule has 136 valence electrons. The molecule has 0 spiro atoms. The van der Waals surface area contributed by atoms with Crippen LogP contribution in [0.5, 0.6) is 0 Å². The van der Waals surface area contributed by atoms with E-state index in [0.29, 0.717) is 15.3 Å². The summed E-state index contributed by atoms with van der Waals surface area (Å²) in [6.45, 7) is 2.00. The molecular formula is C19H16N4O2S2. The summed E-state index contributed by atoms with van der Waals surface area (Å²) < 4.78 is 1.34. The van der Waals surface area contributed by atoms with E-state index in [1.165, 1.54) is 39.1 Å². The van der Waals surface area contributed by atoms with Crippen LogP contribution in [0.25, 0.3) is 21.3 Å². The minimum absolute atomic E-state index is 0.106. The van der Waals surface area contributed by atoms with Crippen molar-refractivity contribution in [2.45, 2.75) is 19.9 Å². The van der Waals surface area contributed by atoms with Crippen LogP contribution >= 0.6 is 22.7 Å². The third kappa shape index (κ3) is 3.54. The Balaban J connectivity index is 1.68. The van der Waals surface area contributed by atoms with Crippen molar-refractivity contribution in [1.82, 2.24) is 14.5 Å². The molecule has 0 aliphatic heterocycles. The minimum atomic E-state index is -0.308. The van der Waals surface area contributed by atoms with E-state index in [1.807, 2.05) is 17.5 Å². The normalized spacial score (nSPS) is 11.0. The van der Waals surface area contributed by atoms with Gasteiger partial charge in [-0.15, -0.1) is 22.7 Å². The summed E-state index contributed by atoms with van der Waals surface area (Å²) in [7, 11) is 0. The summed E-state index contributed by atoms with van der Waals surface area (Å²) in [6.07, 6.45) is 4.00. The highest BCUT2D eigenvalue weighted by Gasteiger charge is 2.15. The van der Waals surface area contributed by atoms with Crippen LogP contribution in [0.2, 0.25) is 0 Å². The first-order chi connectivity index (χ1) is 13.2. The highest BCUT2D eigenvalue weighted by molar-refractivity contribution is 7.17. The number of nitrogens with one attached hydrogen (secondary N) is 1. The predicted molar refractivity (Wildman–Crippen MR) is 109 cm³/mol. The quantitative estimate of drug-likeness (QED) is 0.557. The second-order valence-corrected chi connectivity index (χ2v) is 7.70. The molecule has 0 saturated carbocycles. The molecule has 4 aromatic rings. The first kappa shape index (κ1) is 17.6. The number of fused-ring (bicyclic) bond motifs is 1. The molecule has 0 aliphatic rings. The van der Waals surface area contributed by atoms with Crippen LogP contribution in [0.3, 0.4) is 0 Å². The Labute approximate surface area is 163 Å². The van der Waals surface area contributed by atoms with Gasteiger partial charge in [0.15, 0.2) is 5.13 Å². The molecule has 0 saturated heterocycles. The maximum absolute atomic E-state index is 13.0. The number of nitrogens with zero attached hydrogens (tertiary/aromatic N) is 3. The minimum Gasteiger partial charge on any atom is -0.300 e. The van der Waals surface area contributed by atoms with Crippen LogP contribution in [0.4, 0.5) is 5.13 Å². The first-order valence-corrected chi connectivity index (χ1v) is 10.2. The van der Waals surface area contributed by atoms with Crippen molar-refractivity contribution in [2.75, 3.05) is 5.32 Å². The standard InChI is InChI=1S/C19H16N4O2S2/c1-2-12-3-5-13(6-4-12)14-10-27-17-16(14)18(25)23(11-21-17)9-15(24)22-19-20-7-8-26-19/h3-8,10-11H,2,9H2,1H3,(H,20,22,24). The molecule has 3 heterocycles. The lowest BCUT2D eigenvalue weighted by Crippen LogP contribution is -2.27. The number of amides is 1. The van der Waals surface area contributed by atoms with Crippen molar-refractivity contribution < 1.29 is 4.79 Å². The lowest BCUT2D eigenvalue weighted by atomic mass is 10.0. The molecule has 27 heavy (non-hydrogen) atoms. The van der Waals surface area contributed by atoms with Gasteiger partial charge in [0.25, 0.3) is 5.56 Å². The van der Waals surface area contributed by atoms with Gasteiger partial charge in [-0.05, 0) is 17.5 Å². The largest absolute Gasteiger partial charge is 0.300 e. The van der Waals surface area contributed by atoms with Crippen LogP contribution in [0.15, 0.2) is 52.3 Å². The number of hydrogen-bond acceptors (Lipinski definition) is 6. The van der Waals surface area contributed by atoms with E-state index in [2.05, 4.69) is 34.3 Å². The summed E-state index contributed by atoms with van der Waals surface area (Å²) >= 11 is 2.76. The maximum atomic E-state index is 13.0. The number of carbonyl (C=O) groups excluding carboxylic acids is 1. The molecule has 0 unspecified atom stereocenters. The van der Waals surface area contributed by atoms with Crippen LogP contribution in [0.1, 0.15) is 12.5 Å². The Morgan fingerprint density at radius 2 is 2.00 bits per heavy atom. The van der Waals surface area contributed by atoms with Crippen LogP contribution in [-0.2, 0) is 17.8 Å². The Hall–Kier alpha value is -2.84. The molecule has 3 aromatic heterocycles. The van der Waals surface area contributed by atoms with Gasteiger partial charge in [0, 0.05) is 22.5 Å². The second kappa shape index (κ2) is 7.42. The number of thiophene rings is 1. The fraction of sp³-hybridized carbons (Fsp3) is 0.158. The van der Waals surface area contributed by atoms with E-state index >= 15 is 0 Å². The zero-order chi connectivity index (χ0) is 18.8. The van der Waals surface area contributed by atoms with E-state index in [1.54, 1.807) is 11.6 Å². The molecule has 0 fully saturated rings. The van der Waals surface area contributed by atoms with Crippen molar-refractivity contribution in [3.63, 3.8) is 0 Å². The number of aromatic nitrogens is 3. The topological polar surface area (TPSA) is 76.9 Å². The Bertz CT molecular complexity index is 1140. The summed E-state index contributed by atoms with van der Waals surface area (Å²) in [5.74, 6) is -0.308. The molecule has 0 bridgehead atoms. The zero-order valence-corrected chi connectivity index (χ0v) is 16.1. The number of carbonyl (C=O) groups is 1. The number of anilines is 1. The summed E-state index contributed by atoms with van der Waals surface area (Å²) in [4.78, 5) is 34.2. The number of thiazole rings is 1. The third-order valence-corrected chi connectivity index (χ3v) is 5.80. The molecule has 1 amide bonds. The predicted octanol–water partition coefficient (Wildman–Crippen LogP) is 3.78. The Morgan fingerprint density at radius 1 is 1.19 bits per heavy atom. The van der Waals surface area contributed by atoms with Crippen molar-refractivity contribution in [1.29, 1.82) is 0 Å². The van der Waals surface area contributed by atoms with Crippen LogP contribution in [0, 0.1) is 0 Å². The van der Waals surface area contributed by atoms with Gasteiger partial charge < -0.3 is 5.32 Å². The van der Waals surface area contributed by atoms with Crippen molar-refractivity contribution >= 4 is 43.9 Å². The average molecular weight is 396 g/mol. The van der Waals surface area contributed by atoms with Crippen LogP contribution in [-0.4, -0.2) is 20.4 Å². The first-order valence-electron chi connectivity index (χ1n) is 8.41. The lowest BCUT2D eigenvalue weighted by molar-refractivity contribution is -0.116. The molecule has 8 heteroatoms. The van der Waals surface area contributed by atoms with Gasteiger partial charge in [-0.25, -0.2) is 9.97 Å². The molecule has 1 aromatic carbocycles. The van der Waals surface area contributed by atoms with E-state index in [-0.39, 0.29) is 18.0 Å². The third-order valence-electron chi connectivity index (χ3n) is 4.23. The molecule has 4 rings (SSSR count). The zero-order valence-electron chi connectivity index (χ0n) is 14.5. The van der Waals surface area contributed by atoms with Gasteiger partial charge in [0.05, 0.1) is 11.7 Å². The van der Waals surface area contributed by atoms with Crippen molar-refractivity contribution in [3.05, 3.63) is 63.5 Å². The summed E-state index contributed by atoms with van der Waals surface area (Å²) in [5, 5.41) is 7.46. The van der Waals surface area contributed by atoms with E-state index in [9.17, 15) is 9.59 Å². The fourth-order valence-corrected chi connectivity index (χ4v) is 4.26. The van der Waals surface area contributed by atoms with Crippen LogP contribution < -0.4 is 10.9 Å². The number of hydrogen-bond donors (Lipinski definition) is 1. The van der Waals surface area contributed by atoms with E-state index < -0.39 is 0 Å². The second-order valence-electron chi connectivity index (χ2n) is 5.94. The summed E-state index contributed by atoms with van der Waals surface area (Å²) in [6, 6.07) is 8.17. The van der Waals surface area contributed by atoms with Gasteiger partial charge in [0.1, 0.15) is 11.4 Å². The highest BCUT2D eigenvalue weighted by Crippen LogP contribution is 2.30. The lowest BCUT2D eigenvalue weighted by Gasteiger charge is -2.06. The number of benzene rings is 1. The van der Waals surface area contributed by atoms with Crippen molar-refractivity contribution in [2.24, 2.45) is 0 Å². The molecule has 0 aliphatic carbocycles. The SMILES string of the molecule is CCc1ccc(-c2csc3ncn(CC(=O)Nc4nccs4)c(=O)c23)cc1. The molecule has 0 radical (unpaired) electrons. The van der Waals surface area contributed by atoms with E-state index in [0.717, 1.165) is 17.5 Å².